The van der Waals surface area contributed by atoms with Crippen LogP contribution in [0.25, 0.3) is 6.08 Å². The van der Waals surface area contributed by atoms with Gasteiger partial charge in [-0.1, -0.05) is 53.6 Å². The quantitative estimate of drug-likeness (QED) is 0.234. The Balaban J connectivity index is 1.22. The largest absolute Gasteiger partial charge is 0.493 e. The molecule has 3 aromatic carbocycles. The first-order chi connectivity index (χ1) is 17.5. The third-order valence-corrected chi connectivity index (χ3v) is 7.49. The number of amides is 1. The van der Waals surface area contributed by atoms with Gasteiger partial charge < -0.3 is 4.74 Å². The predicted octanol–water partition coefficient (Wildman–Crippen LogP) is 6.14. The first-order valence-corrected chi connectivity index (χ1v) is 13.3. The van der Waals surface area contributed by atoms with Crippen LogP contribution in [0.2, 0.25) is 0 Å². The van der Waals surface area contributed by atoms with E-state index < -0.39 is 5.91 Å². The molecule has 0 unspecified atom stereocenters. The Labute approximate surface area is 218 Å². The molecule has 0 bridgehead atoms. The number of ether oxygens (including phenoxy) is 1. The molecule has 0 saturated heterocycles. The van der Waals surface area contributed by atoms with Crippen molar-refractivity contribution in [2.75, 3.05) is 12.4 Å². The third kappa shape index (κ3) is 5.45. The number of aryl methyl sites for hydroxylation is 2. The first kappa shape index (κ1) is 24.1. The Morgan fingerprint density at radius 3 is 2.56 bits per heavy atom. The van der Waals surface area contributed by atoms with Crippen LogP contribution in [0.1, 0.15) is 22.3 Å². The van der Waals surface area contributed by atoms with Crippen LogP contribution in [-0.4, -0.2) is 39.3 Å². The lowest BCUT2D eigenvalue weighted by molar-refractivity contribution is -0.114. The molecule has 2 aliphatic heterocycles. The lowest BCUT2D eigenvalue weighted by Crippen LogP contribution is -2.35. The van der Waals surface area contributed by atoms with E-state index in [2.05, 4.69) is 41.3 Å². The van der Waals surface area contributed by atoms with Gasteiger partial charge in [0, 0.05) is 16.2 Å². The number of hydrogen-bond acceptors (Lipinski definition) is 6. The number of aliphatic imine (C=N–C) groups is 1. The molecule has 0 atom stereocenters. The van der Waals surface area contributed by atoms with E-state index in [1.807, 2.05) is 55.5 Å². The summed E-state index contributed by atoms with van der Waals surface area (Å²) in [4.78, 5) is 18.1. The van der Waals surface area contributed by atoms with Crippen molar-refractivity contribution < 1.29 is 9.53 Å². The van der Waals surface area contributed by atoms with Gasteiger partial charge >= 0.3 is 0 Å². The molecule has 36 heavy (non-hydrogen) atoms. The van der Waals surface area contributed by atoms with Gasteiger partial charge in [0.15, 0.2) is 5.84 Å². The van der Waals surface area contributed by atoms with Crippen molar-refractivity contribution >= 4 is 51.6 Å². The molecule has 6 nitrogen and oxygen atoms in total. The summed E-state index contributed by atoms with van der Waals surface area (Å²) in [5, 5.41) is 15.7. The minimum atomic E-state index is -0.437. The van der Waals surface area contributed by atoms with Gasteiger partial charge in [0.2, 0.25) is 5.17 Å². The number of carbonyl (C=O) groups excluding carboxylic acids is 1. The highest BCUT2D eigenvalue weighted by molar-refractivity contribution is 8.27. The number of benzene rings is 3. The Bertz CT molecular complexity index is 1410. The zero-order chi connectivity index (χ0) is 25.1. The molecule has 3 aromatic rings. The summed E-state index contributed by atoms with van der Waals surface area (Å²) in [6, 6.07) is 23.9. The Hall–Kier alpha value is -3.62. The normalized spacial score (nSPS) is 16.2. The molecule has 0 aliphatic carbocycles. The summed E-state index contributed by atoms with van der Waals surface area (Å²) < 4.78 is 5.86. The maximum atomic E-state index is 12.7. The number of carbonyl (C=O) groups is 1. The molecule has 2 aliphatic rings. The highest BCUT2D eigenvalue weighted by Crippen LogP contribution is 2.31. The van der Waals surface area contributed by atoms with Gasteiger partial charge in [0.25, 0.3) is 5.91 Å². The Morgan fingerprint density at radius 1 is 1.03 bits per heavy atom. The number of hydrogen-bond donors (Lipinski definition) is 1. The number of hydrazone groups is 1. The van der Waals surface area contributed by atoms with Crippen LogP contribution in [-0.2, 0) is 4.79 Å². The molecule has 180 valence electrons. The summed E-state index contributed by atoms with van der Waals surface area (Å²) in [5.74, 6) is 1.19. The molecule has 0 fully saturated rings. The number of fused-ring (bicyclic) bond motifs is 1. The number of rotatable bonds is 7. The van der Waals surface area contributed by atoms with Crippen LogP contribution in [0, 0.1) is 19.3 Å². The van der Waals surface area contributed by atoms with Crippen LogP contribution < -0.4 is 4.74 Å². The van der Waals surface area contributed by atoms with Crippen molar-refractivity contribution in [2.24, 2.45) is 10.1 Å². The van der Waals surface area contributed by atoms with Crippen LogP contribution in [0.4, 0.5) is 0 Å². The van der Waals surface area contributed by atoms with Crippen molar-refractivity contribution in [3.8, 4) is 5.75 Å². The van der Waals surface area contributed by atoms with E-state index in [4.69, 9.17) is 10.1 Å². The highest BCUT2D eigenvalue weighted by Gasteiger charge is 2.36. The molecular weight excluding hydrogens is 488 g/mol. The van der Waals surface area contributed by atoms with Crippen LogP contribution in [0.3, 0.4) is 0 Å². The van der Waals surface area contributed by atoms with Crippen LogP contribution >= 0.6 is 23.5 Å². The van der Waals surface area contributed by atoms with Gasteiger partial charge in [-0.05, 0) is 67.6 Å². The second-order valence-corrected chi connectivity index (χ2v) is 10.5. The van der Waals surface area contributed by atoms with Gasteiger partial charge in [-0.2, -0.15) is 15.1 Å². The molecule has 8 heteroatoms. The van der Waals surface area contributed by atoms with E-state index >= 15 is 0 Å². The minimum absolute atomic E-state index is 0.0219. The smallest absolute Gasteiger partial charge is 0.283 e. The zero-order valence-electron chi connectivity index (χ0n) is 19.9. The average molecular weight is 513 g/mol. The van der Waals surface area contributed by atoms with Crippen molar-refractivity contribution in [2.45, 2.75) is 18.7 Å². The summed E-state index contributed by atoms with van der Waals surface area (Å²) >= 11 is 3.06. The van der Waals surface area contributed by atoms with E-state index in [0.717, 1.165) is 33.2 Å². The number of nitrogens with zero attached hydrogens (tertiary/aromatic N) is 3. The Morgan fingerprint density at radius 2 is 1.81 bits per heavy atom. The SMILES string of the molecule is Cc1ccc(SCCOc2ccc(/C=C3/C(=N)N4N=C(c5cccc(C)c5)SC4=NC3=O)cc2)cc1. The maximum Gasteiger partial charge on any atom is 0.283 e. The molecular formula is C28H24N4O2S2. The molecule has 1 N–H and O–H groups in total. The lowest BCUT2D eigenvalue weighted by atomic mass is 10.1. The van der Waals surface area contributed by atoms with Gasteiger partial charge in [0.1, 0.15) is 10.8 Å². The summed E-state index contributed by atoms with van der Waals surface area (Å²) in [5.41, 5.74) is 4.30. The van der Waals surface area contributed by atoms with Gasteiger partial charge in [-0.3, -0.25) is 10.2 Å². The fourth-order valence-corrected chi connectivity index (χ4v) is 5.29. The van der Waals surface area contributed by atoms with Crippen molar-refractivity contribution in [3.05, 3.63) is 101 Å². The third-order valence-electron chi connectivity index (χ3n) is 5.55. The van der Waals surface area contributed by atoms with Gasteiger partial charge in [-0.25, -0.2) is 0 Å². The highest BCUT2D eigenvalue weighted by atomic mass is 32.2. The van der Waals surface area contributed by atoms with Crippen LogP contribution in [0.5, 0.6) is 5.75 Å². The molecule has 0 radical (unpaired) electrons. The number of thioether (sulfide) groups is 2. The molecule has 5 rings (SSSR count). The Kier molecular flexibility index (Phi) is 7.06. The molecule has 1 amide bonds. The van der Waals surface area contributed by atoms with E-state index in [0.29, 0.717) is 11.8 Å². The fourth-order valence-electron chi connectivity index (χ4n) is 3.67. The van der Waals surface area contributed by atoms with E-state index in [9.17, 15) is 4.79 Å². The maximum absolute atomic E-state index is 12.7. The molecule has 0 saturated carbocycles. The second kappa shape index (κ2) is 10.6. The fraction of sp³-hybridized carbons (Fsp3) is 0.143. The molecule has 2 heterocycles. The van der Waals surface area contributed by atoms with E-state index in [-0.39, 0.29) is 11.4 Å². The van der Waals surface area contributed by atoms with Crippen LogP contribution in [0.15, 0.2) is 93.4 Å². The van der Waals surface area contributed by atoms with Crippen molar-refractivity contribution in [1.29, 1.82) is 5.41 Å². The molecule has 0 aromatic heterocycles. The van der Waals surface area contributed by atoms with Gasteiger partial charge in [-0.15, -0.1) is 11.8 Å². The average Bonchev–Trinajstić information content (AvgIpc) is 3.31. The number of amidine groups is 2. The number of nitrogens with one attached hydrogen (secondary N) is 1. The predicted molar refractivity (Wildman–Crippen MR) is 149 cm³/mol. The zero-order valence-corrected chi connectivity index (χ0v) is 21.5. The first-order valence-electron chi connectivity index (χ1n) is 11.5. The summed E-state index contributed by atoms with van der Waals surface area (Å²) in [6.45, 7) is 4.69. The molecule has 0 spiro atoms. The second-order valence-electron chi connectivity index (χ2n) is 8.37. The summed E-state index contributed by atoms with van der Waals surface area (Å²) in [6.07, 6.45) is 1.67. The van der Waals surface area contributed by atoms with E-state index in [1.54, 1.807) is 17.8 Å². The summed E-state index contributed by atoms with van der Waals surface area (Å²) in [7, 11) is 0. The standard InChI is InChI=1S/C28H24N4O2S2/c1-18-6-12-23(13-7-18)35-15-14-34-22-10-8-20(9-11-22)17-24-25(29)32-28(30-26(24)33)36-27(31-32)21-5-3-4-19(2)16-21/h3-13,16-17,29H,14-15H2,1-2H3/b24-17-,29-25?. The minimum Gasteiger partial charge on any atom is -0.493 e. The van der Waals surface area contributed by atoms with E-state index in [1.165, 1.54) is 27.2 Å². The topological polar surface area (TPSA) is 78.1 Å². The van der Waals surface area contributed by atoms with Crippen molar-refractivity contribution in [1.82, 2.24) is 5.01 Å². The lowest BCUT2D eigenvalue weighted by Gasteiger charge is -2.20. The van der Waals surface area contributed by atoms with Gasteiger partial charge in [0.05, 0.1) is 12.2 Å². The monoisotopic (exact) mass is 512 g/mol. The van der Waals surface area contributed by atoms with Crippen molar-refractivity contribution in [3.63, 3.8) is 0 Å².